The molecule has 0 aromatic carbocycles. The topological polar surface area (TPSA) is 74.7 Å². The minimum atomic E-state index is -0.755. The van der Waals surface area contributed by atoms with Crippen molar-refractivity contribution in [3.63, 3.8) is 0 Å². The molecule has 0 unspecified atom stereocenters. The van der Waals surface area contributed by atoms with E-state index < -0.39 is 5.97 Å². The van der Waals surface area contributed by atoms with Crippen LogP contribution in [0.4, 0.5) is 4.79 Å². The highest BCUT2D eigenvalue weighted by Crippen LogP contribution is 2.39. The van der Waals surface area contributed by atoms with E-state index in [0.29, 0.717) is 13.0 Å². The number of carboxylic acid groups (broad SMARTS) is 1. The van der Waals surface area contributed by atoms with Gasteiger partial charge >= 0.3 is 5.97 Å². The summed E-state index contributed by atoms with van der Waals surface area (Å²) in [5.41, 5.74) is 0.0258. The zero-order valence-corrected chi connectivity index (χ0v) is 14.8. The van der Waals surface area contributed by atoms with E-state index in [1.54, 1.807) is 0 Å². The molecule has 0 bridgehead atoms. The van der Waals surface area contributed by atoms with Gasteiger partial charge in [-0.1, -0.05) is 39.5 Å². The highest BCUT2D eigenvalue weighted by atomic mass is 32.2. The van der Waals surface area contributed by atoms with Crippen LogP contribution in [0.5, 0.6) is 0 Å². The summed E-state index contributed by atoms with van der Waals surface area (Å²) < 4.78 is 0. The average molecular weight is 329 g/mol. The van der Waals surface area contributed by atoms with E-state index in [1.165, 1.54) is 4.90 Å². The molecule has 6 heteroatoms. The van der Waals surface area contributed by atoms with Crippen molar-refractivity contribution in [2.24, 2.45) is 10.8 Å². The van der Waals surface area contributed by atoms with Crippen LogP contribution in [0.3, 0.4) is 0 Å². The van der Waals surface area contributed by atoms with E-state index >= 15 is 0 Å². The third kappa shape index (κ3) is 6.38. The number of imide groups is 1. The Morgan fingerprint density at radius 2 is 1.77 bits per heavy atom. The lowest BCUT2D eigenvalue weighted by atomic mass is 9.71. The first kappa shape index (κ1) is 19.0. The quantitative estimate of drug-likeness (QED) is 0.697. The molecule has 1 N–H and O–H groups in total. The van der Waals surface area contributed by atoms with E-state index in [1.807, 2.05) is 0 Å². The molecule has 22 heavy (non-hydrogen) atoms. The van der Waals surface area contributed by atoms with E-state index in [0.717, 1.165) is 31.0 Å². The highest BCUT2D eigenvalue weighted by Gasteiger charge is 2.32. The lowest BCUT2D eigenvalue weighted by Crippen LogP contribution is -2.31. The number of carboxylic acids is 1. The fourth-order valence-corrected chi connectivity index (χ4v) is 3.98. The van der Waals surface area contributed by atoms with Crippen molar-refractivity contribution in [1.29, 1.82) is 0 Å². The summed E-state index contributed by atoms with van der Waals surface area (Å²) in [5, 5.41) is 8.68. The van der Waals surface area contributed by atoms with Gasteiger partial charge < -0.3 is 5.11 Å². The first-order valence-electron chi connectivity index (χ1n) is 7.71. The van der Waals surface area contributed by atoms with Crippen molar-refractivity contribution < 1.29 is 19.5 Å². The van der Waals surface area contributed by atoms with Crippen LogP contribution < -0.4 is 0 Å². The first-order chi connectivity index (χ1) is 10.0. The van der Waals surface area contributed by atoms with Gasteiger partial charge in [-0.15, -0.1) is 0 Å². The van der Waals surface area contributed by atoms with Crippen LogP contribution in [0.2, 0.25) is 0 Å². The Balaban J connectivity index is 2.41. The zero-order valence-electron chi connectivity index (χ0n) is 14.0. The smallest absolute Gasteiger partial charge is 0.303 e. The van der Waals surface area contributed by atoms with Gasteiger partial charge in [0.05, 0.1) is 5.75 Å². The molecule has 5 nitrogen and oxygen atoms in total. The Morgan fingerprint density at radius 1 is 1.18 bits per heavy atom. The largest absolute Gasteiger partial charge is 0.481 e. The summed E-state index contributed by atoms with van der Waals surface area (Å²) in [6, 6.07) is 0. The molecule has 1 rings (SSSR count). The summed E-state index contributed by atoms with van der Waals surface area (Å²) in [7, 11) is 0. The van der Waals surface area contributed by atoms with Crippen LogP contribution in [-0.2, 0) is 9.59 Å². The molecule has 0 atom stereocenters. The van der Waals surface area contributed by atoms with Gasteiger partial charge in [-0.3, -0.25) is 19.3 Å². The Hall–Kier alpha value is -1.04. The summed E-state index contributed by atoms with van der Waals surface area (Å²) >= 11 is 1.07. The zero-order chi connectivity index (χ0) is 17.0. The predicted octanol–water partition coefficient (Wildman–Crippen LogP) is 3.77. The van der Waals surface area contributed by atoms with Crippen LogP contribution >= 0.6 is 11.8 Å². The number of nitrogens with zero attached hydrogens (tertiary/aromatic N) is 1. The SMILES string of the molecule is CC(C)(CCCN1C(=O)CSC1=O)CC(C)(C)CCC(=O)O. The molecule has 1 fully saturated rings. The van der Waals surface area contributed by atoms with E-state index in [9.17, 15) is 14.4 Å². The van der Waals surface area contributed by atoms with Crippen LogP contribution in [-0.4, -0.2) is 39.4 Å². The van der Waals surface area contributed by atoms with Crippen molar-refractivity contribution in [2.45, 2.75) is 59.8 Å². The monoisotopic (exact) mass is 329 g/mol. The molecule has 126 valence electrons. The number of hydrogen-bond donors (Lipinski definition) is 1. The minimum absolute atomic E-state index is 0.0307. The number of carbonyl (C=O) groups excluding carboxylic acids is 2. The number of rotatable bonds is 9. The van der Waals surface area contributed by atoms with Crippen LogP contribution in [0.25, 0.3) is 0 Å². The van der Waals surface area contributed by atoms with Gasteiger partial charge in [0.15, 0.2) is 0 Å². The molecule has 1 aliphatic rings. The fraction of sp³-hybridized carbons (Fsp3) is 0.812. The Labute approximate surface area is 136 Å². The molecular formula is C16H27NO4S. The fourth-order valence-electron chi connectivity index (χ4n) is 3.23. The van der Waals surface area contributed by atoms with Crippen LogP contribution in [0, 0.1) is 10.8 Å². The first-order valence-corrected chi connectivity index (χ1v) is 8.70. The summed E-state index contributed by atoms with van der Waals surface area (Å²) in [4.78, 5) is 35.1. The van der Waals surface area contributed by atoms with Crippen molar-refractivity contribution in [3.05, 3.63) is 0 Å². The molecule has 0 aromatic heterocycles. The van der Waals surface area contributed by atoms with Crippen molar-refractivity contribution in [2.75, 3.05) is 12.3 Å². The number of thioether (sulfide) groups is 1. The van der Waals surface area contributed by atoms with Crippen molar-refractivity contribution in [3.8, 4) is 0 Å². The minimum Gasteiger partial charge on any atom is -0.481 e. The Kier molecular flexibility index (Phi) is 6.47. The van der Waals surface area contributed by atoms with Gasteiger partial charge in [0.1, 0.15) is 0 Å². The summed E-state index contributed by atoms with van der Waals surface area (Å²) in [6.45, 7) is 9.02. The molecule has 0 saturated carbocycles. The lowest BCUT2D eigenvalue weighted by Gasteiger charge is -2.35. The summed E-state index contributed by atoms with van der Waals surface area (Å²) in [6.07, 6.45) is 3.47. The molecule has 0 radical (unpaired) electrons. The van der Waals surface area contributed by atoms with Crippen LogP contribution in [0.1, 0.15) is 59.8 Å². The van der Waals surface area contributed by atoms with Gasteiger partial charge in [-0.2, -0.15) is 0 Å². The highest BCUT2D eigenvalue weighted by molar-refractivity contribution is 8.14. The molecule has 0 aliphatic carbocycles. The maximum Gasteiger partial charge on any atom is 0.303 e. The average Bonchev–Trinajstić information content (AvgIpc) is 2.67. The summed E-state index contributed by atoms with van der Waals surface area (Å²) in [5.74, 6) is -0.575. The molecular weight excluding hydrogens is 302 g/mol. The second-order valence-corrected chi connectivity index (χ2v) is 8.53. The maximum atomic E-state index is 11.5. The molecule has 1 heterocycles. The predicted molar refractivity (Wildman–Crippen MR) is 87.8 cm³/mol. The number of hydrogen-bond acceptors (Lipinski definition) is 4. The molecule has 1 aliphatic heterocycles. The molecule has 1 saturated heterocycles. The maximum absolute atomic E-state index is 11.5. The Morgan fingerprint density at radius 3 is 2.27 bits per heavy atom. The third-order valence-electron chi connectivity index (χ3n) is 4.05. The van der Waals surface area contributed by atoms with E-state index in [4.69, 9.17) is 5.11 Å². The second kappa shape index (κ2) is 7.49. The molecule has 0 spiro atoms. The third-order valence-corrected chi connectivity index (χ3v) is 4.91. The Bertz CT molecular complexity index is 429. The molecule has 2 amide bonds. The number of carbonyl (C=O) groups is 3. The standard InChI is InChI=1S/C16H27NO4S/c1-15(2,11-16(3,4)8-6-13(19)20)7-5-9-17-12(18)10-22-14(17)21/h5-11H2,1-4H3,(H,19,20). The van der Waals surface area contributed by atoms with Crippen molar-refractivity contribution >= 4 is 28.9 Å². The number of amides is 2. The van der Waals surface area contributed by atoms with Crippen LogP contribution in [0.15, 0.2) is 0 Å². The normalized spacial score (nSPS) is 16.5. The molecule has 0 aromatic rings. The van der Waals surface area contributed by atoms with Gasteiger partial charge in [-0.05, 0) is 36.5 Å². The van der Waals surface area contributed by atoms with Gasteiger partial charge in [-0.25, -0.2) is 0 Å². The lowest BCUT2D eigenvalue weighted by molar-refractivity contribution is -0.137. The second-order valence-electron chi connectivity index (χ2n) is 7.60. The van der Waals surface area contributed by atoms with E-state index in [-0.39, 0.29) is 34.2 Å². The van der Waals surface area contributed by atoms with Gasteiger partial charge in [0.25, 0.3) is 5.24 Å². The van der Waals surface area contributed by atoms with Gasteiger partial charge in [0, 0.05) is 13.0 Å². The number of aliphatic carboxylic acids is 1. The van der Waals surface area contributed by atoms with E-state index in [2.05, 4.69) is 27.7 Å². The van der Waals surface area contributed by atoms with Crippen molar-refractivity contribution in [1.82, 2.24) is 4.90 Å². The van der Waals surface area contributed by atoms with Gasteiger partial charge in [0.2, 0.25) is 5.91 Å².